The van der Waals surface area contributed by atoms with E-state index in [9.17, 15) is 18.0 Å². The van der Waals surface area contributed by atoms with Gasteiger partial charge in [0.15, 0.2) is 5.78 Å². The van der Waals surface area contributed by atoms with E-state index >= 15 is 0 Å². The molecule has 2 saturated heterocycles. The van der Waals surface area contributed by atoms with E-state index in [1.54, 1.807) is 11.0 Å². The molecular formula is C13H14F3N3O. The van der Waals surface area contributed by atoms with Crippen LogP contribution in [0.3, 0.4) is 0 Å². The van der Waals surface area contributed by atoms with E-state index in [0.717, 1.165) is 12.6 Å². The normalized spacial score (nSPS) is 24.1. The predicted molar refractivity (Wildman–Crippen MR) is 66.4 cm³/mol. The van der Waals surface area contributed by atoms with Gasteiger partial charge in [-0.15, -0.1) is 0 Å². The van der Waals surface area contributed by atoms with Gasteiger partial charge in [-0.05, 0) is 12.1 Å². The molecule has 2 aliphatic heterocycles. The number of piperazine rings is 1. The highest BCUT2D eigenvalue weighted by atomic mass is 19.4. The number of rotatable bonds is 1. The zero-order chi connectivity index (χ0) is 14.3. The van der Waals surface area contributed by atoms with Crippen LogP contribution in [0.1, 0.15) is 12.1 Å². The van der Waals surface area contributed by atoms with E-state index in [2.05, 4.69) is 9.88 Å². The van der Waals surface area contributed by atoms with Gasteiger partial charge in [-0.1, -0.05) is 6.07 Å². The molecule has 0 spiro atoms. The summed E-state index contributed by atoms with van der Waals surface area (Å²) in [5.41, 5.74) is -0.893. The number of alkyl halides is 3. The van der Waals surface area contributed by atoms with Crippen LogP contribution in [0.2, 0.25) is 0 Å². The number of aromatic nitrogens is 1. The van der Waals surface area contributed by atoms with Crippen molar-refractivity contribution in [1.82, 2.24) is 9.88 Å². The van der Waals surface area contributed by atoms with Gasteiger partial charge in [-0.3, -0.25) is 9.69 Å². The molecule has 0 N–H and O–H groups in total. The summed E-state index contributed by atoms with van der Waals surface area (Å²) in [7, 11) is 0. The minimum absolute atomic E-state index is 0.168. The molecule has 4 nitrogen and oxygen atoms in total. The Bertz CT molecular complexity index is 532. The van der Waals surface area contributed by atoms with Crippen molar-refractivity contribution in [3.05, 3.63) is 23.9 Å². The average Bonchev–Trinajstić information content (AvgIpc) is 2.79. The Kier molecular flexibility index (Phi) is 3.16. The summed E-state index contributed by atoms with van der Waals surface area (Å²) in [4.78, 5) is 19.3. The summed E-state index contributed by atoms with van der Waals surface area (Å²) in [6, 6.07) is 3.68. The summed E-state index contributed by atoms with van der Waals surface area (Å²) in [6.07, 6.45) is -3.91. The van der Waals surface area contributed by atoms with Crippen molar-refractivity contribution in [3.63, 3.8) is 0 Å². The number of nitrogens with zero attached hydrogens (tertiary/aromatic N) is 3. The van der Waals surface area contributed by atoms with Crippen molar-refractivity contribution in [2.24, 2.45) is 0 Å². The van der Waals surface area contributed by atoms with Crippen molar-refractivity contribution in [3.8, 4) is 0 Å². The predicted octanol–water partition coefficient (Wildman–Crippen LogP) is 1.56. The van der Waals surface area contributed by atoms with E-state index in [4.69, 9.17) is 0 Å². The number of carbonyl (C=O) groups excluding carboxylic acids is 1. The lowest BCUT2D eigenvalue weighted by atomic mass is 10.1. The number of pyridine rings is 1. The monoisotopic (exact) mass is 285 g/mol. The number of hydrogen-bond donors (Lipinski definition) is 0. The second-order valence-corrected chi connectivity index (χ2v) is 5.09. The molecule has 3 heterocycles. The Hall–Kier alpha value is -1.63. The standard InChI is InChI=1S/C13H14F3N3O/c14-13(15,16)11-2-1-3-12(17-11)19-7-6-18-5-4-10(20)9(18)8-19/h1-3,9H,4-8H2. The topological polar surface area (TPSA) is 36.4 Å². The Balaban J connectivity index is 1.81. The minimum atomic E-state index is -4.44. The fourth-order valence-corrected chi connectivity index (χ4v) is 2.78. The van der Waals surface area contributed by atoms with Gasteiger partial charge < -0.3 is 4.90 Å². The van der Waals surface area contributed by atoms with E-state index < -0.39 is 11.9 Å². The van der Waals surface area contributed by atoms with Crippen LogP contribution in [0.25, 0.3) is 0 Å². The third-order valence-electron chi connectivity index (χ3n) is 3.86. The van der Waals surface area contributed by atoms with E-state index in [0.29, 0.717) is 31.9 Å². The van der Waals surface area contributed by atoms with E-state index in [-0.39, 0.29) is 11.8 Å². The molecule has 1 atom stereocenters. The van der Waals surface area contributed by atoms with Gasteiger partial charge in [0.2, 0.25) is 0 Å². The van der Waals surface area contributed by atoms with Gasteiger partial charge >= 0.3 is 6.18 Å². The quantitative estimate of drug-likeness (QED) is 0.784. The first-order chi connectivity index (χ1) is 9.45. The van der Waals surface area contributed by atoms with Crippen LogP contribution < -0.4 is 4.90 Å². The maximum absolute atomic E-state index is 12.7. The second kappa shape index (κ2) is 4.73. The molecule has 1 aromatic rings. The lowest BCUT2D eigenvalue weighted by molar-refractivity contribution is -0.141. The zero-order valence-electron chi connectivity index (χ0n) is 10.7. The summed E-state index contributed by atoms with van der Waals surface area (Å²) in [5.74, 6) is 0.459. The Morgan fingerprint density at radius 1 is 1.20 bits per heavy atom. The van der Waals surface area contributed by atoms with Gasteiger partial charge in [0.1, 0.15) is 11.5 Å². The van der Waals surface area contributed by atoms with Crippen molar-refractivity contribution in [2.75, 3.05) is 31.1 Å². The number of anilines is 1. The molecule has 0 aliphatic carbocycles. The first-order valence-electron chi connectivity index (χ1n) is 6.51. The molecule has 0 radical (unpaired) electrons. The SMILES string of the molecule is O=C1CCN2CCN(c3cccc(C(F)(F)F)n3)CC12. The molecule has 0 aromatic carbocycles. The molecule has 20 heavy (non-hydrogen) atoms. The van der Waals surface area contributed by atoms with Crippen LogP contribution in [0.15, 0.2) is 18.2 Å². The van der Waals surface area contributed by atoms with Crippen LogP contribution in [0.4, 0.5) is 19.0 Å². The number of fused-ring (bicyclic) bond motifs is 1. The average molecular weight is 285 g/mol. The van der Waals surface area contributed by atoms with E-state index in [1.165, 1.54) is 6.07 Å². The summed E-state index contributed by atoms with van der Waals surface area (Å²) >= 11 is 0. The van der Waals surface area contributed by atoms with Crippen LogP contribution >= 0.6 is 0 Å². The molecule has 2 fully saturated rings. The maximum Gasteiger partial charge on any atom is 0.433 e. The highest BCUT2D eigenvalue weighted by Gasteiger charge is 2.38. The molecule has 1 aromatic heterocycles. The van der Waals surface area contributed by atoms with Gasteiger partial charge in [0.05, 0.1) is 6.04 Å². The lowest BCUT2D eigenvalue weighted by Crippen LogP contribution is -2.52. The van der Waals surface area contributed by atoms with E-state index in [1.807, 2.05) is 0 Å². The molecule has 0 bridgehead atoms. The fourth-order valence-electron chi connectivity index (χ4n) is 2.78. The third kappa shape index (κ3) is 2.37. The number of halogens is 3. The molecular weight excluding hydrogens is 271 g/mol. The molecule has 108 valence electrons. The largest absolute Gasteiger partial charge is 0.433 e. The van der Waals surface area contributed by atoms with Crippen molar-refractivity contribution in [2.45, 2.75) is 18.6 Å². The summed E-state index contributed by atoms with van der Waals surface area (Å²) < 4.78 is 38.0. The van der Waals surface area contributed by atoms with Gasteiger partial charge in [-0.25, -0.2) is 4.98 Å². The zero-order valence-corrected chi connectivity index (χ0v) is 10.7. The Labute approximate surface area is 114 Å². The number of hydrogen-bond acceptors (Lipinski definition) is 4. The summed E-state index contributed by atoms with van der Waals surface area (Å²) in [5, 5.41) is 0. The van der Waals surface area contributed by atoms with Gasteiger partial charge in [0, 0.05) is 32.6 Å². The summed E-state index contributed by atoms with van der Waals surface area (Å²) in [6.45, 7) is 2.47. The van der Waals surface area contributed by atoms with Gasteiger partial charge in [0.25, 0.3) is 0 Å². The first kappa shape index (κ1) is 13.4. The Morgan fingerprint density at radius 2 is 2.00 bits per heavy atom. The smallest absolute Gasteiger partial charge is 0.353 e. The fraction of sp³-hybridized carbons (Fsp3) is 0.538. The first-order valence-corrected chi connectivity index (χ1v) is 6.51. The lowest BCUT2D eigenvalue weighted by Gasteiger charge is -2.37. The highest BCUT2D eigenvalue weighted by molar-refractivity contribution is 5.87. The molecule has 7 heteroatoms. The van der Waals surface area contributed by atoms with Crippen LogP contribution in [-0.4, -0.2) is 47.9 Å². The third-order valence-corrected chi connectivity index (χ3v) is 3.86. The maximum atomic E-state index is 12.7. The minimum Gasteiger partial charge on any atom is -0.353 e. The molecule has 2 aliphatic rings. The number of Topliss-reactive ketones (excluding diaryl/α,β-unsaturated/α-hetero) is 1. The van der Waals surface area contributed by atoms with Crippen LogP contribution in [0, 0.1) is 0 Å². The molecule has 0 saturated carbocycles. The molecule has 3 rings (SSSR count). The van der Waals surface area contributed by atoms with Crippen molar-refractivity contribution in [1.29, 1.82) is 0 Å². The molecule has 0 amide bonds. The van der Waals surface area contributed by atoms with Gasteiger partial charge in [-0.2, -0.15) is 13.2 Å². The van der Waals surface area contributed by atoms with Crippen LogP contribution in [-0.2, 0) is 11.0 Å². The molecule has 1 unspecified atom stereocenters. The Morgan fingerprint density at radius 3 is 2.75 bits per heavy atom. The van der Waals surface area contributed by atoms with Crippen molar-refractivity contribution < 1.29 is 18.0 Å². The number of carbonyl (C=O) groups is 1. The second-order valence-electron chi connectivity index (χ2n) is 5.09. The number of ketones is 1. The van der Waals surface area contributed by atoms with Crippen molar-refractivity contribution >= 4 is 11.6 Å². The van der Waals surface area contributed by atoms with Crippen LogP contribution in [0.5, 0.6) is 0 Å². The highest BCUT2D eigenvalue weighted by Crippen LogP contribution is 2.30.